The van der Waals surface area contributed by atoms with E-state index in [-0.39, 0.29) is 5.76 Å². The lowest BCUT2D eigenvalue weighted by atomic mass is 10.2. The maximum atomic E-state index is 12.1. The van der Waals surface area contributed by atoms with Crippen LogP contribution in [0.3, 0.4) is 0 Å². The van der Waals surface area contributed by atoms with Gasteiger partial charge in [-0.25, -0.2) is 13.6 Å². The van der Waals surface area contributed by atoms with Gasteiger partial charge in [0, 0.05) is 23.8 Å². The molecule has 7 nitrogen and oxygen atoms in total. The molecule has 0 atom stereocenters. The second kappa shape index (κ2) is 5.75. The average Bonchev–Trinajstić information content (AvgIpc) is 3.19. The van der Waals surface area contributed by atoms with Gasteiger partial charge in [0.05, 0.1) is 0 Å². The number of sulfonamides is 1. The van der Waals surface area contributed by atoms with Crippen molar-refractivity contribution in [1.29, 1.82) is 0 Å². The third-order valence-corrected chi connectivity index (χ3v) is 3.87. The Morgan fingerprint density at radius 3 is 2.48 bits per heavy atom. The Labute approximate surface area is 132 Å². The molecule has 3 N–H and O–H groups in total. The first-order valence-electron chi connectivity index (χ1n) is 6.61. The first kappa shape index (κ1) is 15.1. The predicted molar refractivity (Wildman–Crippen MR) is 83.8 cm³/mol. The number of primary sulfonamides is 1. The van der Waals surface area contributed by atoms with Crippen molar-refractivity contribution in [2.24, 2.45) is 5.14 Å². The van der Waals surface area contributed by atoms with Crippen molar-refractivity contribution in [2.45, 2.75) is 5.09 Å². The van der Waals surface area contributed by atoms with Crippen molar-refractivity contribution >= 4 is 21.6 Å². The SMILES string of the molecule is NS(=O)(=O)c1ccc(C(=O)Nc2cccc(-n3cccc3)c2)o1. The van der Waals surface area contributed by atoms with Gasteiger partial charge in [-0.2, -0.15) is 0 Å². The van der Waals surface area contributed by atoms with E-state index in [0.717, 1.165) is 11.8 Å². The third-order valence-electron chi connectivity index (χ3n) is 3.09. The number of carbonyl (C=O) groups excluding carboxylic acids is 1. The van der Waals surface area contributed by atoms with Gasteiger partial charge in [-0.05, 0) is 42.5 Å². The summed E-state index contributed by atoms with van der Waals surface area (Å²) in [6, 6.07) is 13.4. The lowest BCUT2D eigenvalue weighted by molar-refractivity contribution is 0.0991. The Balaban J connectivity index is 1.81. The minimum Gasteiger partial charge on any atom is -0.438 e. The van der Waals surface area contributed by atoms with Crippen LogP contribution in [0.5, 0.6) is 0 Å². The molecule has 8 heteroatoms. The molecule has 118 valence electrons. The Morgan fingerprint density at radius 1 is 1.09 bits per heavy atom. The highest BCUT2D eigenvalue weighted by Gasteiger charge is 2.17. The highest BCUT2D eigenvalue weighted by molar-refractivity contribution is 7.89. The third kappa shape index (κ3) is 3.33. The summed E-state index contributed by atoms with van der Waals surface area (Å²) >= 11 is 0. The number of anilines is 1. The number of nitrogens with two attached hydrogens (primary N) is 1. The molecule has 3 aromatic rings. The highest BCUT2D eigenvalue weighted by atomic mass is 32.2. The normalized spacial score (nSPS) is 11.3. The average molecular weight is 331 g/mol. The molecule has 0 bridgehead atoms. The summed E-state index contributed by atoms with van der Waals surface area (Å²) in [4.78, 5) is 12.1. The van der Waals surface area contributed by atoms with Crippen molar-refractivity contribution in [1.82, 2.24) is 4.57 Å². The van der Waals surface area contributed by atoms with Crippen LogP contribution in [0.25, 0.3) is 5.69 Å². The molecule has 1 aromatic carbocycles. The fourth-order valence-corrected chi connectivity index (χ4v) is 2.50. The fraction of sp³-hybridized carbons (Fsp3) is 0. The van der Waals surface area contributed by atoms with E-state index in [9.17, 15) is 13.2 Å². The molecule has 0 fully saturated rings. The van der Waals surface area contributed by atoms with Crippen molar-refractivity contribution < 1.29 is 17.6 Å². The number of furan rings is 1. The van der Waals surface area contributed by atoms with Gasteiger partial charge in [-0.1, -0.05) is 6.07 Å². The standard InChI is InChI=1S/C15H13N3O4S/c16-23(20,21)14-7-6-13(22-14)15(19)17-11-4-3-5-12(10-11)18-8-1-2-9-18/h1-10H,(H,17,19)(H2,16,20,21). The number of benzene rings is 1. The maximum absolute atomic E-state index is 12.1. The molecule has 0 aliphatic heterocycles. The fourth-order valence-electron chi connectivity index (χ4n) is 2.04. The summed E-state index contributed by atoms with van der Waals surface area (Å²) in [5.41, 5.74) is 1.42. The van der Waals surface area contributed by atoms with Crippen LogP contribution in [0.15, 0.2) is 70.4 Å². The number of carbonyl (C=O) groups is 1. The predicted octanol–water partition coefficient (Wildman–Crippen LogP) is 1.97. The minimum atomic E-state index is -3.97. The number of nitrogens with zero attached hydrogens (tertiary/aromatic N) is 1. The van der Waals surface area contributed by atoms with Crippen molar-refractivity contribution in [3.05, 3.63) is 66.7 Å². The topological polar surface area (TPSA) is 107 Å². The van der Waals surface area contributed by atoms with E-state index in [1.165, 1.54) is 6.07 Å². The van der Waals surface area contributed by atoms with Crippen LogP contribution >= 0.6 is 0 Å². The summed E-state index contributed by atoms with van der Waals surface area (Å²) in [6.45, 7) is 0. The molecule has 2 heterocycles. The molecule has 0 radical (unpaired) electrons. The van der Waals surface area contributed by atoms with Crippen LogP contribution in [0, 0.1) is 0 Å². The highest BCUT2D eigenvalue weighted by Crippen LogP contribution is 2.17. The number of hydrogen-bond acceptors (Lipinski definition) is 4. The van der Waals surface area contributed by atoms with Crippen LogP contribution in [-0.4, -0.2) is 18.9 Å². The quantitative estimate of drug-likeness (QED) is 0.762. The Bertz CT molecular complexity index is 943. The van der Waals surface area contributed by atoms with E-state index in [2.05, 4.69) is 5.32 Å². The van der Waals surface area contributed by atoms with Crippen LogP contribution in [-0.2, 0) is 10.0 Å². The molecule has 0 saturated heterocycles. The van der Waals surface area contributed by atoms with E-state index in [0.29, 0.717) is 5.69 Å². The number of rotatable bonds is 4. The van der Waals surface area contributed by atoms with E-state index < -0.39 is 21.0 Å². The number of hydrogen-bond donors (Lipinski definition) is 2. The van der Waals surface area contributed by atoms with E-state index in [1.807, 2.05) is 35.2 Å². The second-order valence-electron chi connectivity index (χ2n) is 4.76. The largest absolute Gasteiger partial charge is 0.438 e. The smallest absolute Gasteiger partial charge is 0.291 e. The Morgan fingerprint density at radius 2 is 1.83 bits per heavy atom. The summed E-state index contributed by atoms with van der Waals surface area (Å²) in [5.74, 6) is -0.704. The zero-order valence-corrected chi connectivity index (χ0v) is 12.7. The number of nitrogens with one attached hydrogen (secondary N) is 1. The number of amides is 1. The molecule has 0 spiro atoms. The zero-order valence-electron chi connectivity index (χ0n) is 11.8. The first-order chi connectivity index (χ1) is 10.9. The molecule has 0 aliphatic carbocycles. The molecule has 1 amide bonds. The van der Waals surface area contributed by atoms with Crippen molar-refractivity contribution in [2.75, 3.05) is 5.32 Å². The van der Waals surface area contributed by atoms with Gasteiger partial charge in [0.2, 0.25) is 5.09 Å². The lowest BCUT2D eigenvalue weighted by Gasteiger charge is -2.07. The lowest BCUT2D eigenvalue weighted by Crippen LogP contribution is -2.12. The van der Waals surface area contributed by atoms with Gasteiger partial charge in [-0.15, -0.1) is 0 Å². The van der Waals surface area contributed by atoms with Gasteiger partial charge >= 0.3 is 0 Å². The second-order valence-corrected chi connectivity index (χ2v) is 6.25. The first-order valence-corrected chi connectivity index (χ1v) is 8.15. The Hall–Kier alpha value is -2.84. The van der Waals surface area contributed by atoms with E-state index in [4.69, 9.17) is 9.56 Å². The van der Waals surface area contributed by atoms with Crippen molar-refractivity contribution in [3.63, 3.8) is 0 Å². The van der Waals surface area contributed by atoms with E-state index in [1.54, 1.807) is 18.2 Å². The molecular formula is C15H13N3O4S. The molecular weight excluding hydrogens is 318 g/mol. The monoisotopic (exact) mass is 331 g/mol. The molecule has 0 aliphatic rings. The van der Waals surface area contributed by atoms with Crippen LogP contribution < -0.4 is 10.5 Å². The summed E-state index contributed by atoms with van der Waals surface area (Å²) in [6.07, 6.45) is 3.76. The van der Waals surface area contributed by atoms with Gasteiger partial charge in [-0.3, -0.25) is 4.79 Å². The summed E-state index contributed by atoms with van der Waals surface area (Å²) < 4.78 is 29.2. The molecule has 0 unspecified atom stereocenters. The molecule has 3 rings (SSSR count). The summed E-state index contributed by atoms with van der Waals surface area (Å²) in [5, 5.41) is 7.13. The van der Waals surface area contributed by atoms with Gasteiger partial charge in [0.25, 0.3) is 15.9 Å². The number of aromatic nitrogens is 1. The van der Waals surface area contributed by atoms with Gasteiger partial charge < -0.3 is 14.3 Å². The summed E-state index contributed by atoms with van der Waals surface area (Å²) in [7, 11) is -3.97. The van der Waals surface area contributed by atoms with Crippen LogP contribution in [0.1, 0.15) is 10.6 Å². The minimum absolute atomic E-state index is 0.139. The maximum Gasteiger partial charge on any atom is 0.291 e. The molecule has 2 aromatic heterocycles. The zero-order chi connectivity index (χ0) is 16.4. The van der Waals surface area contributed by atoms with Crippen LogP contribution in [0.2, 0.25) is 0 Å². The van der Waals surface area contributed by atoms with Crippen LogP contribution in [0.4, 0.5) is 5.69 Å². The molecule has 0 saturated carbocycles. The Kier molecular flexibility index (Phi) is 3.77. The van der Waals surface area contributed by atoms with Crippen molar-refractivity contribution in [3.8, 4) is 5.69 Å². The van der Waals surface area contributed by atoms with Gasteiger partial charge in [0.1, 0.15) is 0 Å². The molecule has 23 heavy (non-hydrogen) atoms. The van der Waals surface area contributed by atoms with Gasteiger partial charge in [0.15, 0.2) is 5.76 Å². The van der Waals surface area contributed by atoms with E-state index >= 15 is 0 Å².